The zero-order chi connectivity index (χ0) is 17.6. The molecular formula is C21H19N3O. The van der Waals surface area contributed by atoms with Crippen molar-refractivity contribution in [2.24, 2.45) is 0 Å². The van der Waals surface area contributed by atoms with E-state index in [0.29, 0.717) is 12.0 Å². The summed E-state index contributed by atoms with van der Waals surface area (Å²) in [5, 5.41) is 9.25. The molecule has 0 fully saturated rings. The summed E-state index contributed by atoms with van der Waals surface area (Å²) in [6.07, 6.45) is 3.78. The Morgan fingerprint density at radius 1 is 1.12 bits per heavy atom. The fraction of sp³-hybridized carbons (Fsp3) is 0.190. The Morgan fingerprint density at radius 2 is 1.88 bits per heavy atom. The van der Waals surface area contributed by atoms with E-state index in [9.17, 15) is 10.1 Å². The van der Waals surface area contributed by atoms with Crippen LogP contribution in [-0.2, 0) is 12.8 Å². The van der Waals surface area contributed by atoms with Crippen LogP contribution in [0.3, 0.4) is 0 Å². The number of benzene rings is 2. The molecule has 0 aliphatic carbocycles. The fourth-order valence-electron chi connectivity index (χ4n) is 2.94. The van der Waals surface area contributed by atoms with E-state index in [1.54, 1.807) is 0 Å². The van der Waals surface area contributed by atoms with Gasteiger partial charge < -0.3 is 4.98 Å². The number of aromatic amines is 1. The Morgan fingerprint density at radius 3 is 2.60 bits per heavy atom. The maximum Gasteiger partial charge on any atom is 0.254 e. The molecule has 4 nitrogen and oxygen atoms in total. The number of rotatable bonds is 5. The van der Waals surface area contributed by atoms with Gasteiger partial charge in [0.1, 0.15) is 0 Å². The first-order chi connectivity index (χ1) is 12.2. The van der Waals surface area contributed by atoms with E-state index in [-0.39, 0.29) is 5.56 Å². The highest BCUT2D eigenvalue weighted by atomic mass is 16.1. The largest absolute Gasteiger partial charge is 0.313 e. The highest BCUT2D eigenvalue weighted by Crippen LogP contribution is 2.24. The standard InChI is InChI=1S/C21H19N3O/c1-2-5-20-19(21(25)24-14-23-20)12-15-8-10-16(11-9-15)18-7-4-3-6-17(18)13-22/h3-4,6-11,14H,2,5,12H2,1H3,(H,23,24,25). The molecule has 0 bridgehead atoms. The summed E-state index contributed by atoms with van der Waals surface area (Å²) in [6.45, 7) is 2.08. The van der Waals surface area contributed by atoms with E-state index in [1.165, 1.54) is 6.33 Å². The van der Waals surface area contributed by atoms with Gasteiger partial charge in [0.2, 0.25) is 0 Å². The summed E-state index contributed by atoms with van der Waals surface area (Å²) in [5.41, 5.74) is 5.15. The molecular weight excluding hydrogens is 310 g/mol. The van der Waals surface area contributed by atoms with Crippen molar-refractivity contribution in [3.05, 3.63) is 87.6 Å². The van der Waals surface area contributed by atoms with Crippen LogP contribution < -0.4 is 5.56 Å². The normalized spacial score (nSPS) is 10.4. The van der Waals surface area contributed by atoms with Crippen molar-refractivity contribution in [2.45, 2.75) is 26.2 Å². The van der Waals surface area contributed by atoms with Crippen molar-refractivity contribution in [3.8, 4) is 17.2 Å². The summed E-state index contributed by atoms with van der Waals surface area (Å²) in [6, 6.07) is 17.8. The van der Waals surface area contributed by atoms with E-state index in [2.05, 4.69) is 23.0 Å². The third-order valence-electron chi connectivity index (χ3n) is 4.22. The highest BCUT2D eigenvalue weighted by Gasteiger charge is 2.10. The Hall–Kier alpha value is -3.19. The van der Waals surface area contributed by atoms with Gasteiger partial charge in [-0.05, 0) is 29.2 Å². The number of nitriles is 1. The molecule has 0 atom stereocenters. The van der Waals surface area contributed by atoms with E-state index < -0.39 is 0 Å². The molecule has 0 aliphatic heterocycles. The van der Waals surface area contributed by atoms with E-state index in [1.807, 2.05) is 48.5 Å². The molecule has 3 aromatic rings. The molecule has 1 aromatic heterocycles. The maximum atomic E-state index is 12.2. The smallest absolute Gasteiger partial charge is 0.254 e. The van der Waals surface area contributed by atoms with E-state index in [0.717, 1.165) is 40.8 Å². The van der Waals surface area contributed by atoms with Gasteiger partial charge in [-0.25, -0.2) is 4.98 Å². The molecule has 4 heteroatoms. The number of nitrogens with zero attached hydrogens (tertiary/aromatic N) is 2. The van der Waals surface area contributed by atoms with Crippen LogP contribution in [-0.4, -0.2) is 9.97 Å². The number of H-pyrrole nitrogens is 1. The third-order valence-corrected chi connectivity index (χ3v) is 4.22. The molecule has 0 unspecified atom stereocenters. The average Bonchev–Trinajstić information content (AvgIpc) is 2.65. The zero-order valence-corrected chi connectivity index (χ0v) is 14.1. The molecule has 0 saturated heterocycles. The van der Waals surface area contributed by atoms with Crippen LogP contribution >= 0.6 is 0 Å². The second kappa shape index (κ2) is 7.59. The van der Waals surface area contributed by atoms with Gasteiger partial charge in [0.05, 0.1) is 23.7 Å². The Kier molecular flexibility index (Phi) is 5.06. The molecule has 124 valence electrons. The van der Waals surface area contributed by atoms with Crippen molar-refractivity contribution in [3.63, 3.8) is 0 Å². The lowest BCUT2D eigenvalue weighted by Crippen LogP contribution is -2.17. The lowest BCUT2D eigenvalue weighted by molar-refractivity contribution is 0.838. The summed E-state index contributed by atoms with van der Waals surface area (Å²) in [4.78, 5) is 19.1. The van der Waals surface area contributed by atoms with Crippen molar-refractivity contribution in [1.29, 1.82) is 5.26 Å². The molecule has 2 aromatic carbocycles. The van der Waals surface area contributed by atoms with E-state index >= 15 is 0 Å². The quantitative estimate of drug-likeness (QED) is 0.773. The van der Waals surface area contributed by atoms with Crippen LogP contribution in [0.4, 0.5) is 0 Å². The second-order valence-electron chi connectivity index (χ2n) is 5.94. The lowest BCUT2D eigenvalue weighted by atomic mass is 9.97. The van der Waals surface area contributed by atoms with Crippen molar-refractivity contribution in [1.82, 2.24) is 9.97 Å². The Bertz CT molecular complexity index is 965. The molecule has 3 rings (SSSR count). The van der Waals surface area contributed by atoms with Crippen LogP contribution in [0.15, 0.2) is 59.7 Å². The van der Waals surface area contributed by atoms with Gasteiger partial charge in [-0.2, -0.15) is 5.26 Å². The highest BCUT2D eigenvalue weighted by molar-refractivity contribution is 5.70. The predicted molar refractivity (Wildman–Crippen MR) is 98.3 cm³/mol. The van der Waals surface area contributed by atoms with Crippen LogP contribution in [0.1, 0.15) is 35.7 Å². The van der Waals surface area contributed by atoms with Gasteiger partial charge in [-0.1, -0.05) is 55.8 Å². The summed E-state index contributed by atoms with van der Waals surface area (Å²) in [7, 11) is 0. The number of aryl methyl sites for hydroxylation is 1. The van der Waals surface area contributed by atoms with Crippen LogP contribution in [0.5, 0.6) is 0 Å². The van der Waals surface area contributed by atoms with Crippen molar-refractivity contribution >= 4 is 0 Å². The Labute approximate surface area is 146 Å². The average molecular weight is 329 g/mol. The van der Waals surface area contributed by atoms with Gasteiger partial charge in [-0.15, -0.1) is 0 Å². The summed E-state index contributed by atoms with van der Waals surface area (Å²) < 4.78 is 0. The number of aromatic nitrogens is 2. The molecule has 0 radical (unpaired) electrons. The topological polar surface area (TPSA) is 69.5 Å². The molecule has 1 N–H and O–H groups in total. The first-order valence-electron chi connectivity index (χ1n) is 8.36. The minimum absolute atomic E-state index is 0.0719. The summed E-state index contributed by atoms with van der Waals surface area (Å²) in [5.74, 6) is 0. The fourth-order valence-corrected chi connectivity index (χ4v) is 2.94. The predicted octanol–water partition coefficient (Wildman–Crippen LogP) is 3.85. The monoisotopic (exact) mass is 329 g/mol. The molecule has 0 spiro atoms. The molecule has 0 aliphatic rings. The van der Waals surface area contributed by atoms with Gasteiger partial charge >= 0.3 is 0 Å². The number of hydrogen-bond donors (Lipinski definition) is 1. The SMILES string of the molecule is CCCc1nc[nH]c(=O)c1Cc1ccc(-c2ccccc2C#N)cc1. The first kappa shape index (κ1) is 16.7. The number of nitrogens with one attached hydrogen (secondary N) is 1. The van der Waals surface area contributed by atoms with Crippen LogP contribution in [0, 0.1) is 11.3 Å². The van der Waals surface area contributed by atoms with Gasteiger partial charge in [0.25, 0.3) is 5.56 Å². The van der Waals surface area contributed by atoms with Crippen LogP contribution in [0.2, 0.25) is 0 Å². The van der Waals surface area contributed by atoms with Crippen molar-refractivity contribution in [2.75, 3.05) is 0 Å². The number of hydrogen-bond acceptors (Lipinski definition) is 3. The maximum absolute atomic E-state index is 12.2. The first-order valence-corrected chi connectivity index (χ1v) is 8.36. The minimum Gasteiger partial charge on any atom is -0.313 e. The molecule has 1 heterocycles. The Balaban J connectivity index is 1.90. The van der Waals surface area contributed by atoms with E-state index in [4.69, 9.17) is 0 Å². The zero-order valence-electron chi connectivity index (χ0n) is 14.1. The van der Waals surface area contributed by atoms with Crippen LogP contribution in [0.25, 0.3) is 11.1 Å². The van der Waals surface area contributed by atoms with Crippen molar-refractivity contribution < 1.29 is 0 Å². The van der Waals surface area contributed by atoms with Gasteiger partial charge in [-0.3, -0.25) is 4.79 Å². The van der Waals surface area contributed by atoms with Gasteiger partial charge in [0.15, 0.2) is 0 Å². The summed E-state index contributed by atoms with van der Waals surface area (Å²) >= 11 is 0. The second-order valence-corrected chi connectivity index (χ2v) is 5.94. The lowest BCUT2D eigenvalue weighted by Gasteiger charge is -2.08. The van der Waals surface area contributed by atoms with Gasteiger partial charge in [0, 0.05) is 12.0 Å². The third kappa shape index (κ3) is 3.67. The molecule has 0 saturated carbocycles. The minimum atomic E-state index is -0.0719. The molecule has 25 heavy (non-hydrogen) atoms. The molecule has 0 amide bonds.